The maximum absolute atomic E-state index is 13.8. The monoisotopic (exact) mass is 331 g/mol. The minimum absolute atomic E-state index is 0.334. The quantitative estimate of drug-likeness (QED) is 0.739. The third-order valence-electron chi connectivity index (χ3n) is 3.40. The van der Waals surface area contributed by atoms with Gasteiger partial charge in [-0.05, 0) is 42.3 Å². The molecule has 0 aliphatic rings. The fourth-order valence-electron chi connectivity index (χ4n) is 2.40. The summed E-state index contributed by atoms with van der Waals surface area (Å²) in [6.45, 7) is 2.71. The first-order valence-electron chi connectivity index (χ1n) is 7.14. The van der Waals surface area contributed by atoms with Gasteiger partial charge in [0.2, 0.25) is 0 Å². The maximum Gasteiger partial charge on any atom is 0.164 e. The van der Waals surface area contributed by atoms with Crippen LogP contribution in [0.1, 0.15) is 6.92 Å². The third-order valence-corrected chi connectivity index (χ3v) is 3.59. The Balaban J connectivity index is 2.19. The minimum atomic E-state index is -0.334. The average Bonchev–Trinajstić information content (AvgIpc) is 2.93. The van der Waals surface area contributed by atoms with Crippen LogP contribution in [0.5, 0.6) is 0 Å². The smallest absolute Gasteiger partial charge is 0.164 e. The Morgan fingerprint density at radius 3 is 2.74 bits per heavy atom. The lowest BCUT2D eigenvalue weighted by atomic mass is 9.99. The van der Waals surface area contributed by atoms with Crippen LogP contribution in [-0.2, 0) is 7.05 Å². The summed E-state index contributed by atoms with van der Waals surface area (Å²) in [4.78, 5) is 4.22. The van der Waals surface area contributed by atoms with Crippen molar-refractivity contribution in [1.29, 1.82) is 0 Å². The number of hydrogen-bond acceptors (Lipinski definition) is 4. The number of rotatable bonds is 4. The third kappa shape index (κ3) is 3.17. The molecule has 0 saturated heterocycles. The lowest BCUT2D eigenvalue weighted by Crippen LogP contribution is -2.00. The van der Waals surface area contributed by atoms with E-state index >= 15 is 0 Å². The summed E-state index contributed by atoms with van der Waals surface area (Å²) in [6, 6.07) is 8.19. The molecule has 23 heavy (non-hydrogen) atoms. The van der Waals surface area contributed by atoms with Crippen LogP contribution >= 0.6 is 11.6 Å². The second kappa shape index (κ2) is 6.34. The maximum atomic E-state index is 13.8. The highest BCUT2D eigenvalue weighted by Gasteiger charge is 2.14. The first kappa shape index (κ1) is 15.4. The van der Waals surface area contributed by atoms with Crippen molar-refractivity contribution in [2.24, 2.45) is 7.05 Å². The number of aryl methyl sites for hydroxylation is 1. The highest BCUT2D eigenvalue weighted by Crippen LogP contribution is 2.33. The van der Waals surface area contributed by atoms with E-state index in [0.717, 1.165) is 17.7 Å². The van der Waals surface area contributed by atoms with E-state index in [4.69, 9.17) is 11.6 Å². The van der Waals surface area contributed by atoms with Gasteiger partial charge in [0.1, 0.15) is 23.1 Å². The van der Waals surface area contributed by atoms with Gasteiger partial charge in [0.05, 0.1) is 0 Å². The van der Waals surface area contributed by atoms with E-state index in [1.807, 2.05) is 20.0 Å². The zero-order valence-corrected chi connectivity index (χ0v) is 13.5. The van der Waals surface area contributed by atoms with Crippen molar-refractivity contribution in [3.63, 3.8) is 0 Å². The van der Waals surface area contributed by atoms with Crippen molar-refractivity contribution < 1.29 is 4.39 Å². The summed E-state index contributed by atoms with van der Waals surface area (Å²) >= 11 is 6.12. The van der Waals surface area contributed by atoms with Crippen LogP contribution in [0.2, 0.25) is 5.15 Å². The predicted octanol–water partition coefficient (Wildman–Crippen LogP) is 3.77. The lowest BCUT2D eigenvalue weighted by Gasteiger charge is -2.11. The van der Waals surface area contributed by atoms with Crippen LogP contribution in [0.25, 0.3) is 22.5 Å². The Hall–Kier alpha value is -2.47. The van der Waals surface area contributed by atoms with E-state index in [1.54, 1.807) is 23.0 Å². The Kier molecular flexibility index (Phi) is 4.25. The highest BCUT2D eigenvalue weighted by molar-refractivity contribution is 6.29. The zero-order valence-electron chi connectivity index (χ0n) is 12.7. The molecule has 3 rings (SSSR count). The predicted molar refractivity (Wildman–Crippen MR) is 88.8 cm³/mol. The summed E-state index contributed by atoms with van der Waals surface area (Å²) in [5.41, 5.74) is 2.29. The molecule has 0 saturated carbocycles. The van der Waals surface area contributed by atoms with Gasteiger partial charge < -0.3 is 9.88 Å². The van der Waals surface area contributed by atoms with Crippen LogP contribution in [0, 0.1) is 5.82 Å². The van der Waals surface area contributed by atoms with Crippen molar-refractivity contribution in [3.05, 3.63) is 47.6 Å². The van der Waals surface area contributed by atoms with E-state index in [0.29, 0.717) is 22.4 Å². The van der Waals surface area contributed by atoms with Crippen molar-refractivity contribution >= 4 is 17.4 Å². The molecule has 7 heteroatoms. The number of nitrogens with zero attached hydrogens (tertiary/aromatic N) is 4. The summed E-state index contributed by atoms with van der Waals surface area (Å²) in [7, 11) is 1.81. The fraction of sp³-hybridized carbons (Fsp3) is 0.188. The number of anilines is 1. The molecule has 5 nitrogen and oxygen atoms in total. The van der Waals surface area contributed by atoms with Gasteiger partial charge in [0.25, 0.3) is 0 Å². The van der Waals surface area contributed by atoms with Gasteiger partial charge in [0.15, 0.2) is 5.82 Å². The van der Waals surface area contributed by atoms with Crippen molar-refractivity contribution in [3.8, 4) is 22.5 Å². The molecule has 118 valence electrons. The number of halogens is 2. The number of pyridine rings is 1. The van der Waals surface area contributed by atoms with Crippen LogP contribution < -0.4 is 5.32 Å². The minimum Gasteiger partial charge on any atom is -0.370 e. The normalized spacial score (nSPS) is 10.8. The van der Waals surface area contributed by atoms with Crippen LogP contribution in [0.15, 0.2) is 36.7 Å². The molecule has 0 aliphatic carbocycles. The molecule has 1 aromatic carbocycles. The summed E-state index contributed by atoms with van der Waals surface area (Å²) in [5.74, 6) is 0.916. The van der Waals surface area contributed by atoms with Crippen LogP contribution in [0.3, 0.4) is 0 Å². The number of nitrogens with one attached hydrogen (secondary N) is 1. The molecule has 3 aromatic rings. The molecule has 0 fully saturated rings. The molecular weight excluding hydrogens is 317 g/mol. The van der Waals surface area contributed by atoms with Gasteiger partial charge in [-0.15, -0.1) is 10.2 Å². The van der Waals surface area contributed by atoms with Crippen molar-refractivity contribution in [2.45, 2.75) is 6.92 Å². The summed E-state index contributed by atoms with van der Waals surface area (Å²) < 4.78 is 15.5. The molecule has 2 heterocycles. The standard InChI is InChI=1S/C16H15ClFN5/c1-3-19-15-7-10(6-14(17)21-15)12-5-4-11(18)8-13(12)16-22-20-9-23(16)2/h4-9H,3H2,1-2H3,(H,19,21). The zero-order chi connectivity index (χ0) is 16.4. The second-order valence-electron chi connectivity index (χ2n) is 5.05. The molecule has 0 unspecified atom stereocenters. The Morgan fingerprint density at radius 2 is 2.04 bits per heavy atom. The van der Waals surface area contributed by atoms with E-state index in [1.165, 1.54) is 12.1 Å². The largest absolute Gasteiger partial charge is 0.370 e. The molecule has 0 radical (unpaired) electrons. The van der Waals surface area contributed by atoms with Gasteiger partial charge in [-0.2, -0.15) is 0 Å². The molecule has 0 atom stereocenters. The van der Waals surface area contributed by atoms with Gasteiger partial charge in [-0.3, -0.25) is 0 Å². The second-order valence-corrected chi connectivity index (χ2v) is 5.44. The lowest BCUT2D eigenvalue weighted by molar-refractivity contribution is 0.628. The average molecular weight is 332 g/mol. The van der Waals surface area contributed by atoms with E-state index in [-0.39, 0.29) is 5.82 Å². The van der Waals surface area contributed by atoms with Gasteiger partial charge >= 0.3 is 0 Å². The molecular formula is C16H15ClFN5. The van der Waals surface area contributed by atoms with Crippen LogP contribution in [0.4, 0.5) is 10.2 Å². The number of hydrogen-bond donors (Lipinski definition) is 1. The van der Waals surface area contributed by atoms with Gasteiger partial charge in [0, 0.05) is 19.2 Å². The Morgan fingerprint density at radius 1 is 1.22 bits per heavy atom. The van der Waals surface area contributed by atoms with Crippen molar-refractivity contribution in [2.75, 3.05) is 11.9 Å². The molecule has 0 bridgehead atoms. The Labute approximate surface area is 138 Å². The topological polar surface area (TPSA) is 55.6 Å². The van der Waals surface area contributed by atoms with Gasteiger partial charge in [-0.1, -0.05) is 17.7 Å². The molecule has 0 spiro atoms. The van der Waals surface area contributed by atoms with E-state index in [2.05, 4.69) is 20.5 Å². The van der Waals surface area contributed by atoms with Crippen LogP contribution in [-0.4, -0.2) is 26.3 Å². The molecule has 1 N–H and O–H groups in total. The SMILES string of the molecule is CCNc1cc(-c2ccc(F)cc2-c2nncn2C)cc(Cl)n1. The number of aromatic nitrogens is 4. The molecule has 0 amide bonds. The molecule has 0 aliphatic heterocycles. The Bertz CT molecular complexity index is 846. The van der Waals surface area contributed by atoms with Crippen molar-refractivity contribution in [1.82, 2.24) is 19.7 Å². The summed E-state index contributed by atoms with van der Waals surface area (Å²) in [5, 5.41) is 11.4. The van der Waals surface area contributed by atoms with E-state index in [9.17, 15) is 4.39 Å². The van der Waals surface area contributed by atoms with Gasteiger partial charge in [-0.25, -0.2) is 9.37 Å². The first-order chi connectivity index (χ1) is 11.1. The number of benzene rings is 1. The van der Waals surface area contributed by atoms with E-state index < -0.39 is 0 Å². The fourth-order valence-corrected chi connectivity index (χ4v) is 2.61. The first-order valence-corrected chi connectivity index (χ1v) is 7.52. The molecule has 2 aromatic heterocycles. The summed E-state index contributed by atoms with van der Waals surface area (Å²) in [6.07, 6.45) is 1.58. The highest BCUT2D eigenvalue weighted by atomic mass is 35.5.